The van der Waals surface area contributed by atoms with Crippen LogP contribution in [0.15, 0.2) is 0 Å². The number of nitrogens with one attached hydrogen (secondary N) is 1. The predicted octanol–water partition coefficient (Wildman–Crippen LogP) is -0.0536. The lowest BCUT2D eigenvalue weighted by Gasteiger charge is -2.63. The molecule has 0 radical (unpaired) electrons. The highest BCUT2D eigenvalue weighted by atomic mass is 16.5. The number of nitrogens with two attached hydrogens (primary N) is 1. The molecule has 1 saturated heterocycles. The van der Waals surface area contributed by atoms with E-state index in [0.29, 0.717) is 24.2 Å². The number of primary amides is 1. The van der Waals surface area contributed by atoms with Crippen LogP contribution in [0.5, 0.6) is 0 Å². The number of likely N-dealkylation sites (tertiary alicyclic amines) is 1. The number of methoxy groups -OCH3 is 1. The summed E-state index contributed by atoms with van der Waals surface area (Å²) in [7, 11) is 1.95. The van der Waals surface area contributed by atoms with E-state index in [4.69, 9.17) is 10.5 Å². The van der Waals surface area contributed by atoms with E-state index in [1.54, 1.807) is 12.0 Å². The first-order valence-electron chi connectivity index (χ1n) is 10.7. The molecule has 0 aromatic heterocycles. The molecule has 7 nitrogen and oxygen atoms in total. The second-order valence-electron chi connectivity index (χ2n) is 10.2. The van der Waals surface area contributed by atoms with Gasteiger partial charge in [0.2, 0.25) is 11.8 Å². The van der Waals surface area contributed by atoms with Crippen molar-refractivity contribution in [2.75, 3.05) is 7.11 Å². The van der Waals surface area contributed by atoms with E-state index in [0.717, 1.165) is 44.7 Å². The van der Waals surface area contributed by atoms with Crippen molar-refractivity contribution in [3.63, 3.8) is 0 Å². The van der Waals surface area contributed by atoms with Gasteiger partial charge in [0, 0.05) is 13.2 Å². The number of nitrogens with zero attached hydrogens (tertiary/aromatic N) is 1. The van der Waals surface area contributed by atoms with Crippen LogP contribution in [0.3, 0.4) is 0 Å². The molecule has 6 atom stereocenters. The summed E-state index contributed by atoms with van der Waals surface area (Å²) in [6.45, 7) is 0. The van der Waals surface area contributed by atoms with Gasteiger partial charge in [-0.15, -0.1) is 0 Å². The Morgan fingerprint density at radius 2 is 1.93 bits per heavy atom. The second kappa shape index (κ2) is 6.29. The Morgan fingerprint density at radius 1 is 1.21 bits per heavy atom. The number of piperidine rings is 1. The largest absolute Gasteiger partial charge is 0.378 e. The molecular formula is C20H30BN3O4. The third-order valence-corrected chi connectivity index (χ3v) is 8.44. The minimum atomic E-state index is -0.498. The first-order valence-corrected chi connectivity index (χ1v) is 10.7. The maximum absolute atomic E-state index is 13.8. The highest BCUT2D eigenvalue weighted by molar-refractivity contribution is 6.64. The fourth-order valence-corrected chi connectivity index (χ4v) is 7.73. The van der Waals surface area contributed by atoms with Gasteiger partial charge in [0.05, 0.1) is 17.8 Å². The Bertz CT molecular complexity index is 702. The Morgan fingerprint density at radius 3 is 2.54 bits per heavy atom. The molecule has 1 heterocycles. The summed E-state index contributed by atoms with van der Waals surface area (Å²) in [5.41, 5.74) is 5.29. The van der Waals surface area contributed by atoms with Gasteiger partial charge >= 0.3 is 0 Å². The number of carbonyl (C=O) groups is 3. The smallest absolute Gasteiger partial charge is 0.278 e. The Balaban J connectivity index is 1.48. The van der Waals surface area contributed by atoms with Crippen molar-refractivity contribution in [2.24, 2.45) is 28.9 Å². The minimum absolute atomic E-state index is 0.0242. The molecule has 8 heteroatoms. The van der Waals surface area contributed by atoms with Crippen LogP contribution in [0.1, 0.15) is 51.4 Å². The van der Waals surface area contributed by atoms with Crippen LogP contribution >= 0.6 is 0 Å². The van der Waals surface area contributed by atoms with E-state index in [2.05, 4.69) is 5.23 Å². The van der Waals surface area contributed by atoms with Gasteiger partial charge in [-0.2, -0.15) is 0 Å². The van der Waals surface area contributed by atoms with Crippen LogP contribution in [0.2, 0.25) is 0 Å². The van der Waals surface area contributed by atoms with E-state index in [1.807, 2.05) is 0 Å². The molecule has 1 aliphatic heterocycles. The summed E-state index contributed by atoms with van der Waals surface area (Å²) in [4.78, 5) is 38.7. The molecule has 5 saturated carbocycles. The Hall–Kier alpha value is -1.41. The molecule has 0 spiro atoms. The number of rotatable bonds is 7. The molecule has 6 rings (SSSR count). The fourth-order valence-electron chi connectivity index (χ4n) is 7.73. The van der Waals surface area contributed by atoms with E-state index >= 15 is 0 Å². The van der Waals surface area contributed by atoms with Crippen LogP contribution in [0.4, 0.5) is 0 Å². The molecule has 2 amide bonds. The number of ether oxygens (including phenoxy) is 1. The maximum atomic E-state index is 13.8. The minimum Gasteiger partial charge on any atom is -0.378 e. The molecular weight excluding hydrogens is 357 g/mol. The summed E-state index contributed by atoms with van der Waals surface area (Å²) in [6, 6.07) is -0.794. The normalized spacial score (nSPS) is 46.2. The summed E-state index contributed by atoms with van der Waals surface area (Å²) in [6.07, 6.45) is 8.71. The van der Waals surface area contributed by atoms with Gasteiger partial charge < -0.3 is 25.4 Å². The van der Waals surface area contributed by atoms with Gasteiger partial charge in [-0.05, 0) is 74.5 Å². The van der Waals surface area contributed by atoms with Crippen molar-refractivity contribution in [1.29, 1.82) is 0 Å². The highest BCUT2D eigenvalue weighted by Gasteiger charge is 2.64. The molecule has 4 bridgehead atoms. The first-order chi connectivity index (χ1) is 13.4. The average Bonchev–Trinajstić information content (AvgIpc) is 3.30. The molecule has 0 aromatic carbocycles. The fraction of sp³-hybridized carbons (Fsp3) is 0.850. The quantitative estimate of drug-likeness (QED) is 0.471. The van der Waals surface area contributed by atoms with Crippen molar-refractivity contribution in [1.82, 2.24) is 10.1 Å². The molecule has 0 aromatic rings. The van der Waals surface area contributed by atoms with Crippen molar-refractivity contribution in [3.8, 4) is 0 Å². The number of amides is 2. The predicted molar refractivity (Wildman–Crippen MR) is 104 cm³/mol. The van der Waals surface area contributed by atoms with Crippen LogP contribution in [0, 0.1) is 23.2 Å². The third kappa shape index (κ3) is 2.67. The topological polar surface area (TPSA) is 102 Å². The van der Waals surface area contributed by atoms with Gasteiger partial charge in [0.25, 0.3) is 7.41 Å². The highest BCUT2D eigenvalue weighted by Crippen LogP contribution is 2.64. The number of hydrogen-bond acceptors (Lipinski definition) is 5. The number of hydrogen-bond donors (Lipinski definition) is 2. The van der Waals surface area contributed by atoms with Crippen LogP contribution in [-0.2, 0) is 19.1 Å². The van der Waals surface area contributed by atoms with Gasteiger partial charge in [-0.1, -0.05) is 0 Å². The number of carbonyl (C=O) groups excluding carboxylic acids is 3. The Kier molecular flexibility index (Phi) is 4.18. The zero-order chi connectivity index (χ0) is 19.7. The summed E-state index contributed by atoms with van der Waals surface area (Å²) in [5.74, 6) is 1.13. The lowest BCUT2D eigenvalue weighted by Crippen LogP contribution is -2.67. The van der Waals surface area contributed by atoms with Crippen molar-refractivity contribution >= 4 is 25.4 Å². The van der Waals surface area contributed by atoms with Crippen LogP contribution in [-0.4, -0.2) is 61.2 Å². The summed E-state index contributed by atoms with van der Waals surface area (Å²) >= 11 is 0. The van der Waals surface area contributed by atoms with Crippen LogP contribution < -0.4 is 11.0 Å². The SMILES string of the molecule is COC12CC3CC(C1)CC([C@H](NBC=O)C(=O)N1C4C[C@H]4C[C@H]1C(N)=O)(C3)C2. The molecule has 5 aliphatic carbocycles. The second-order valence-corrected chi connectivity index (χ2v) is 10.2. The van der Waals surface area contributed by atoms with Crippen molar-refractivity contribution in [2.45, 2.75) is 75.1 Å². The lowest BCUT2D eigenvalue weighted by atomic mass is 9.45. The monoisotopic (exact) mass is 387 g/mol. The standard InChI is InChI=1S/C20H30BN3O4/c1-28-20-7-11-2-12(8-20)6-19(5-11,9-20)16(23-21-10-25)18(27)24-14-3-13(14)4-15(24)17(22)26/h10-16,21,23H,2-9H2,1H3,(H2,22,26)/t11?,12?,13-,14?,15-,16+,19?,20?/m0/s1. The molecule has 3 unspecified atom stereocenters. The van der Waals surface area contributed by atoms with Gasteiger partial charge in [-0.3, -0.25) is 9.59 Å². The zero-order valence-corrected chi connectivity index (χ0v) is 16.6. The molecule has 6 aliphatic rings. The van der Waals surface area contributed by atoms with E-state index in [9.17, 15) is 14.4 Å². The van der Waals surface area contributed by atoms with Gasteiger partial charge in [0.1, 0.15) is 6.04 Å². The molecule has 152 valence electrons. The van der Waals surface area contributed by atoms with E-state index < -0.39 is 18.0 Å². The molecule has 6 fully saturated rings. The summed E-state index contributed by atoms with van der Waals surface area (Å²) in [5, 5.41) is 3.28. The summed E-state index contributed by atoms with van der Waals surface area (Å²) < 4.78 is 6.03. The van der Waals surface area contributed by atoms with Crippen LogP contribution in [0.25, 0.3) is 0 Å². The molecule has 28 heavy (non-hydrogen) atoms. The first kappa shape index (κ1) is 18.6. The average molecular weight is 387 g/mol. The molecule has 3 N–H and O–H groups in total. The van der Waals surface area contributed by atoms with E-state index in [1.165, 1.54) is 6.42 Å². The lowest BCUT2D eigenvalue weighted by molar-refractivity contribution is -0.191. The van der Waals surface area contributed by atoms with Crippen molar-refractivity contribution in [3.05, 3.63) is 0 Å². The Labute approximate surface area is 166 Å². The van der Waals surface area contributed by atoms with Gasteiger partial charge in [0.15, 0.2) is 0 Å². The number of fused-ring (bicyclic) bond motifs is 1. The van der Waals surface area contributed by atoms with E-state index in [-0.39, 0.29) is 30.4 Å². The van der Waals surface area contributed by atoms with Crippen molar-refractivity contribution < 1.29 is 19.1 Å². The zero-order valence-electron chi connectivity index (χ0n) is 16.6. The maximum Gasteiger partial charge on any atom is 0.278 e. The van der Waals surface area contributed by atoms with Gasteiger partial charge in [-0.25, -0.2) is 0 Å². The third-order valence-electron chi connectivity index (χ3n) is 8.44.